The molecule has 1 aliphatic heterocycles. The van der Waals surface area contributed by atoms with Gasteiger partial charge >= 0.3 is 0 Å². The molecular weight excluding hydrogens is 276 g/mol. The van der Waals surface area contributed by atoms with Crippen molar-refractivity contribution in [3.63, 3.8) is 0 Å². The van der Waals surface area contributed by atoms with Gasteiger partial charge in [-0.3, -0.25) is 19.8 Å². The van der Waals surface area contributed by atoms with Crippen molar-refractivity contribution in [3.05, 3.63) is 28.3 Å². The molecule has 21 heavy (non-hydrogen) atoms. The first-order valence-corrected chi connectivity index (χ1v) is 6.59. The number of carbonyl (C=O) groups excluding carboxylic acids is 1. The predicted molar refractivity (Wildman–Crippen MR) is 77.5 cm³/mol. The molecule has 8 heteroatoms. The van der Waals surface area contributed by atoms with Gasteiger partial charge in [-0.1, -0.05) is 0 Å². The Hall–Kier alpha value is -2.35. The molecule has 1 aromatic carbocycles. The average molecular weight is 294 g/mol. The van der Waals surface area contributed by atoms with Gasteiger partial charge in [0.15, 0.2) is 0 Å². The lowest BCUT2D eigenvalue weighted by Gasteiger charge is -2.35. The fourth-order valence-electron chi connectivity index (χ4n) is 2.41. The van der Waals surface area contributed by atoms with Crippen molar-refractivity contribution >= 4 is 17.3 Å². The molecule has 0 radical (unpaired) electrons. The number of methoxy groups -OCH3 is 1. The van der Waals surface area contributed by atoms with Gasteiger partial charge in [0.25, 0.3) is 5.69 Å². The highest BCUT2D eigenvalue weighted by molar-refractivity contribution is 5.76. The largest absolute Gasteiger partial charge is 0.496 e. The third-order valence-electron chi connectivity index (χ3n) is 3.47. The van der Waals surface area contributed by atoms with Gasteiger partial charge in [-0.05, 0) is 12.1 Å². The first kappa shape index (κ1) is 15.0. The average Bonchev–Trinajstić information content (AvgIpc) is 2.47. The van der Waals surface area contributed by atoms with E-state index in [-0.39, 0.29) is 18.1 Å². The number of ether oxygens (including phenoxy) is 1. The highest BCUT2D eigenvalue weighted by atomic mass is 16.6. The summed E-state index contributed by atoms with van der Waals surface area (Å²) < 4.78 is 5.03. The summed E-state index contributed by atoms with van der Waals surface area (Å²) in [4.78, 5) is 25.6. The number of carbonyl (C=O) groups is 1. The summed E-state index contributed by atoms with van der Waals surface area (Å²) in [7, 11) is 1.47. The van der Waals surface area contributed by atoms with E-state index in [1.807, 2.05) is 9.80 Å². The molecule has 0 saturated carbocycles. The fourth-order valence-corrected chi connectivity index (χ4v) is 2.41. The maximum Gasteiger partial charge on any atom is 0.296 e. The van der Waals surface area contributed by atoms with Crippen LogP contribution in [0.1, 0.15) is 0 Å². The van der Waals surface area contributed by atoms with E-state index < -0.39 is 4.92 Å². The number of rotatable bonds is 5. The van der Waals surface area contributed by atoms with Crippen molar-refractivity contribution < 1.29 is 14.5 Å². The minimum Gasteiger partial charge on any atom is -0.496 e. The fraction of sp³-hybridized carbons (Fsp3) is 0.462. The quantitative estimate of drug-likeness (QED) is 0.615. The number of hydrogen-bond donors (Lipinski definition) is 1. The van der Waals surface area contributed by atoms with E-state index in [2.05, 4.69) is 0 Å². The van der Waals surface area contributed by atoms with Crippen LogP contribution in [0.25, 0.3) is 0 Å². The second kappa shape index (κ2) is 6.40. The van der Waals surface area contributed by atoms with Crippen LogP contribution >= 0.6 is 0 Å². The summed E-state index contributed by atoms with van der Waals surface area (Å²) in [6.07, 6.45) is 0. The summed E-state index contributed by atoms with van der Waals surface area (Å²) in [6, 6.07) is 4.82. The van der Waals surface area contributed by atoms with Crippen molar-refractivity contribution in [1.82, 2.24) is 4.90 Å². The Morgan fingerprint density at radius 3 is 2.57 bits per heavy atom. The van der Waals surface area contributed by atoms with Crippen molar-refractivity contribution in [2.45, 2.75) is 0 Å². The van der Waals surface area contributed by atoms with E-state index in [9.17, 15) is 14.9 Å². The molecule has 2 N–H and O–H groups in total. The zero-order chi connectivity index (χ0) is 15.4. The molecule has 1 heterocycles. The van der Waals surface area contributed by atoms with Crippen LogP contribution in [-0.2, 0) is 4.79 Å². The van der Waals surface area contributed by atoms with Gasteiger partial charge in [0.2, 0.25) is 5.91 Å². The van der Waals surface area contributed by atoms with Gasteiger partial charge in [-0.2, -0.15) is 0 Å². The van der Waals surface area contributed by atoms with Crippen LogP contribution in [0, 0.1) is 10.1 Å². The molecule has 0 bridgehead atoms. The molecule has 2 rings (SSSR count). The zero-order valence-corrected chi connectivity index (χ0v) is 11.8. The monoisotopic (exact) mass is 294 g/mol. The summed E-state index contributed by atoms with van der Waals surface area (Å²) >= 11 is 0. The number of nitrogens with two attached hydrogens (primary N) is 1. The Labute approximate surface area is 122 Å². The Kier molecular flexibility index (Phi) is 4.59. The number of nitro groups is 1. The third kappa shape index (κ3) is 3.60. The lowest BCUT2D eigenvalue weighted by molar-refractivity contribution is -0.384. The van der Waals surface area contributed by atoms with Crippen LogP contribution in [0.5, 0.6) is 5.75 Å². The number of amides is 1. The number of piperazine rings is 1. The molecule has 8 nitrogen and oxygen atoms in total. The molecule has 0 atom stereocenters. The van der Waals surface area contributed by atoms with Crippen molar-refractivity contribution in [3.8, 4) is 5.75 Å². The molecular formula is C13H18N4O4. The van der Waals surface area contributed by atoms with Crippen LogP contribution in [0.15, 0.2) is 18.2 Å². The normalized spacial score (nSPS) is 15.8. The van der Waals surface area contributed by atoms with Gasteiger partial charge in [-0.25, -0.2) is 0 Å². The Morgan fingerprint density at radius 2 is 2.05 bits per heavy atom. The number of primary amides is 1. The summed E-state index contributed by atoms with van der Waals surface area (Å²) in [5, 5.41) is 11.2. The van der Waals surface area contributed by atoms with Gasteiger partial charge < -0.3 is 15.4 Å². The molecule has 1 aromatic rings. The lowest BCUT2D eigenvalue weighted by atomic mass is 10.2. The first-order chi connectivity index (χ1) is 10.0. The van der Waals surface area contributed by atoms with E-state index in [4.69, 9.17) is 10.5 Å². The summed E-state index contributed by atoms with van der Waals surface area (Å²) in [5.74, 6) is 0.0942. The second-order valence-corrected chi connectivity index (χ2v) is 4.84. The van der Waals surface area contributed by atoms with Crippen LogP contribution in [0.4, 0.5) is 11.4 Å². The van der Waals surface area contributed by atoms with Crippen molar-refractivity contribution in [2.24, 2.45) is 5.73 Å². The molecule has 0 unspecified atom stereocenters. The number of benzene rings is 1. The lowest BCUT2D eigenvalue weighted by Crippen LogP contribution is -2.49. The number of nitro benzene ring substituents is 1. The molecule has 114 valence electrons. The molecule has 0 aliphatic carbocycles. The number of nitrogens with zero attached hydrogens (tertiary/aromatic N) is 3. The van der Waals surface area contributed by atoms with Crippen molar-refractivity contribution in [1.29, 1.82) is 0 Å². The van der Waals surface area contributed by atoms with E-state index in [1.54, 1.807) is 12.1 Å². The zero-order valence-electron chi connectivity index (χ0n) is 11.8. The minimum atomic E-state index is -0.409. The van der Waals surface area contributed by atoms with E-state index in [0.717, 1.165) is 0 Å². The smallest absolute Gasteiger partial charge is 0.296 e. The first-order valence-electron chi connectivity index (χ1n) is 6.59. The highest BCUT2D eigenvalue weighted by Crippen LogP contribution is 2.32. The molecule has 1 fully saturated rings. The Bertz CT molecular complexity index is 541. The van der Waals surface area contributed by atoms with Gasteiger partial charge in [-0.15, -0.1) is 0 Å². The molecule has 0 aromatic heterocycles. The van der Waals surface area contributed by atoms with E-state index >= 15 is 0 Å². The van der Waals surface area contributed by atoms with Gasteiger partial charge in [0, 0.05) is 26.2 Å². The maximum absolute atomic E-state index is 11.2. The topological polar surface area (TPSA) is 102 Å². The number of hydrogen-bond acceptors (Lipinski definition) is 6. The Morgan fingerprint density at radius 1 is 1.38 bits per heavy atom. The van der Waals surface area contributed by atoms with Crippen LogP contribution in [0.3, 0.4) is 0 Å². The van der Waals surface area contributed by atoms with E-state index in [0.29, 0.717) is 37.6 Å². The molecule has 1 saturated heterocycles. The van der Waals surface area contributed by atoms with Crippen LogP contribution < -0.4 is 15.4 Å². The van der Waals surface area contributed by atoms with E-state index in [1.165, 1.54) is 13.2 Å². The van der Waals surface area contributed by atoms with Gasteiger partial charge in [0.1, 0.15) is 11.4 Å². The standard InChI is InChI=1S/C13H18N4O4/c1-21-10-2-3-11(12(8-10)17(19)20)16-6-4-15(5-7-16)9-13(14)18/h2-3,8H,4-7,9H2,1H3,(H2,14,18). The summed E-state index contributed by atoms with van der Waals surface area (Å²) in [5.41, 5.74) is 5.76. The minimum absolute atomic E-state index is 0.0256. The second-order valence-electron chi connectivity index (χ2n) is 4.84. The summed E-state index contributed by atoms with van der Waals surface area (Å²) in [6.45, 7) is 2.73. The molecule has 0 spiro atoms. The molecule has 1 amide bonds. The van der Waals surface area contributed by atoms with Crippen molar-refractivity contribution in [2.75, 3.05) is 44.7 Å². The highest BCUT2D eigenvalue weighted by Gasteiger charge is 2.24. The number of anilines is 1. The maximum atomic E-state index is 11.2. The predicted octanol–water partition coefficient (Wildman–Crippen LogP) is 0.211. The van der Waals surface area contributed by atoms with Crippen LogP contribution in [-0.4, -0.2) is 55.6 Å². The Balaban J connectivity index is 2.12. The SMILES string of the molecule is COc1ccc(N2CCN(CC(N)=O)CC2)c([N+](=O)[O-])c1. The molecule has 1 aliphatic rings. The van der Waals surface area contributed by atoms with Crippen LogP contribution in [0.2, 0.25) is 0 Å². The van der Waals surface area contributed by atoms with Gasteiger partial charge in [0.05, 0.1) is 24.6 Å². The third-order valence-corrected chi connectivity index (χ3v) is 3.47.